The van der Waals surface area contributed by atoms with Crippen molar-refractivity contribution in [2.45, 2.75) is 18.9 Å². The molecule has 0 fully saturated rings. The summed E-state index contributed by atoms with van der Waals surface area (Å²) in [7, 11) is 0. The highest BCUT2D eigenvalue weighted by molar-refractivity contribution is 5.75. The van der Waals surface area contributed by atoms with Crippen LogP contribution in [0.4, 0.5) is 0 Å². The van der Waals surface area contributed by atoms with E-state index in [1.54, 1.807) is 0 Å². The molecule has 0 radical (unpaired) electrons. The van der Waals surface area contributed by atoms with Gasteiger partial charge in [0.25, 0.3) is 0 Å². The van der Waals surface area contributed by atoms with Crippen LogP contribution in [0.3, 0.4) is 0 Å². The fraction of sp³-hybridized carbons (Fsp3) is 0.667. The lowest BCUT2D eigenvalue weighted by molar-refractivity contribution is -0.139. The summed E-state index contributed by atoms with van der Waals surface area (Å²) in [6, 6.07) is -0.741. The van der Waals surface area contributed by atoms with Gasteiger partial charge in [0.05, 0.1) is 0 Å². The molecule has 0 amide bonds. The fourth-order valence-electron chi connectivity index (χ4n) is 0.782. The number of nitrogens with one attached hydrogen (secondary N) is 1. The molecule has 0 bridgehead atoms. The first kappa shape index (κ1) is 11.7. The maximum Gasteiger partial charge on any atom is 0.322 e. The number of aliphatic imine (C=N–C) groups is 1. The van der Waals surface area contributed by atoms with E-state index in [9.17, 15) is 4.79 Å². The second kappa shape index (κ2) is 6.21. The van der Waals surface area contributed by atoms with Gasteiger partial charge in [-0.3, -0.25) is 15.6 Å². The summed E-state index contributed by atoms with van der Waals surface area (Å²) in [6.45, 7) is 0.411. The average molecular weight is 189 g/mol. The predicted molar refractivity (Wildman–Crippen MR) is 48.7 cm³/mol. The SMILES string of the molecule is NN[C@H](CCCN=C(N)N)C(=O)O. The van der Waals surface area contributed by atoms with Crippen LogP contribution in [0.2, 0.25) is 0 Å². The Morgan fingerprint density at radius 1 is 1.54 bits per heavy atom. The van der Waals surface area contributed by atoms with Crippen molar-refractivity contribution < 1.29 is 9.90 Å². The van der Waals surface area contributed by atoms with Gasteiger partial charge in [0.1, 0.15) is 6.04 Å². The quantitative estimate of drug-likeness (QED) is 0.107. The first-order valence-electron chi connectivity index (χ1n) is 3.82. The van der Waals surface area contributed by atoms with Gasteiger partial charge in [0.15, 0.2) is 5.96 Å². The second-order valence-electron chi connectivity index (χ2n) is 2.51. The zero-order valence-electron chi connectivity index (χ0n) is 7.23. The Morgan fingerprint density at radius 3 is 2.54 bits per heavy atom. The van der Waals surface area contributed by atoms with Crippen LogP contribution in [-0.2, 0) is 4.79 Å². The zero-order chi connectivity index (χ0) is 10.3. The lowest BCUT2D eigenvalue weighted by Gasteiger charge is -2.08. The molecule has 0 spiro atoms. The van der Waals surface area contributed by atoms with Crippen molar-refractivity contribution in [3.63, 3.8) is 0 Å². The van der Waals surface area contributed by atoms with Crippen molar-refractivity contribution in [1.29, 1.82) is 0 Å². The summed E-state index contributed by atoms with van der Waals surface area (Å²) in [6.07, 6.45) is 0.960. The van der Waals surface area contributed by atoms with Crippen molar-refractivity contribution in [2.24, 2.45) is 22.3 Å². The van der Waals surface area contributed by atoms with E-state index in [0.29, 0.717) is 19.4 Å². The van der Waals surface area contributed by atoms with Gasteiger partial charge in [-0.05, 0) is 12.8 Å². The van der Waals surface area contributed by atoms with Gasteiger partial charge in [-0.15, -0.1) is 0 Å². The number of carboxylic acids is 1. The third-order valence-electron chi connectivity index (χ3n) is 1.44. The number of carbonyl (C=O) groups is 1. The Bertz CT molecular complexity index is 189. The summed E-state index contributed by atoms with van der Waals surface area (Å²) >= 11 is 0. The molecular weight excluding hydrogens is 174 g/mol. The Labute approximate surface area is 76.0 Å². The maximum atomic E-state index is 10.4. The van der Waals surface area contributed by atoms with Crippen LogP contribution in [-0.4, -0.2) is 29.6 Å². The van der Waals surface area contributed by atoms with Gasteiger partial charge >= 0.3 is 5.97 Å². The van der Waals surface area contributed by atoms with Crippen LogP contribution in [0.25, 0.3) is 0 Å². The molecule has 0 saturated carbocycles. The average Bonchev–Trinajstić information content (AvgIpc) is 2.03. The number of nitrogens with two attached hydrogens (primary N) is 3. The molecule has 13 heavy (non-hydrogen) atoms. The summed E-state index contributed by atoms with van der Waals surface area (Å²) in [5, 5.41) is 8.55. The molecule has 7 heteroatoms. The van der Waals surface area contributed by atoms with Crippen LogP contribution >= 0.6 is 0 Å². The monoisotopic (exact) mass is 189 g/mol. The molecule has 0 heterocycles. The lowest BCUT2D eigenvalue weighted by Crippen LogP contribution is -2.41. The molecule has 0 aliphatic heterocycles. The van der Waals surface area contributed by atoms with Gasteiger partial charge in [0.2, 0.25) is 0 Å². The number of aliphatic carboxylic acids is 1. The Kier molecular flexibility index (Phi) is 5.57. The van der Waals surface area contributed by atoms with E-state index >= 15 is 0 Å². The molecule has 0 rings (SSSR count). The van der Waals surface area contributed by atoms with E-state index in [4.69, 9.17) is 22.4 Å². The Balaban J connectivity index is 3.62. The fourth-order valence-corrected chi connectivity index (χ4v) is 0.782. The largest absolute Gasteiger partial charge is 0.480 e. The topological polar surface area (TPSA) is 140 Å². The van der Waals surface area contributed by atoms with E-state index in [1.807, 2.05) is 0 Å². The molecule has 0 unspecified atom stereocenters. The maximum absolute atomic E-state index is 10.4. The molecule has 1 atom stereocenters. The number of nitrogens with zero attached hydrogens (tertiary/aromatic N) is 1. The van der Waals surface area contributed by atoms with Crippen molar-refractivity contribution >= 4 is 11.9 Å². The van der Waals surface area contributed by atoms with E-state index in [2.05, 4.69) is 10.4 Å². The van der Waals surface area contributed by atoms with Crippen LogP contribution < -0.4 is 22.7 Å². The molecule has 0 aromatic rings. The van der Waals surface area contributed by atoms with Crippen molar-refractivity contribution in [3.8, 4) is 0 Å². The van der Waals surface area contributed by atoms with Gasteiger partial charge in [-0.1, -0.05) is 0 Å². The standard InChI is InChI=1S/C6H15N5O2/c7-6(8)10-3-1-2-4(11-9)5(12)13/h4,11H,1-3,9H2,(H,12,13)(H4,7,8,10)/t4-/m1/s1. The molecule has 0 saturated heterocycles. The summed E-state index contributed by atoms with van der Waals surface area (Å²) < 4.78 is 0. The highest BCUT2D eigenvalue weighted by atomic mass is 16.4. The number of hydrogen-bond donors (Lipinski definition) is 5. The van der Waals surface area contributed by atoms with E-state index < -0.39 is 12.0 Å². The van der Waals surface area contributed by atoms with Crippen LogP contribution in [0, 0.1) is 0 Å². The predicted octanol–water partition coefficient (Wildman–Crippen LogP) is -2.04. The Hall–Kier alpha value is -1.34. The van der Waals surface area contributed by atoms with Crippen molar-refractivity contribution in [2.75, 3.05) is 6.54 Å². The number of guanidine groups is 1. The first-order chi connectivity index (χ1) is 6.07. The summed E-state index contributed by atoms with van der Waals surface area (Å²) in [5.74, 6) is 4.03. The van der Waals surface area contributed by atoms with E-state index in [0.717, 1.165) is 0 Å². The smallest absolute Gasteiger partial charge is 0.322 e. The lowest BCUT2D eigenvalue weighted by atomic mass is 10.2. The minimum Gasteiger partial charge on any atom is -0.480 e. The third kappa shape index (κ3) is 5.88. The number of carboxylic acid groups (broad SMARTS) is 1. The minimum atomic E-state index is -0.979. The molecule has 76 valence electrons. The minimum absolute atomic E-state index is 0.00702. The molecule has 0 aliphatic rings. The molecule has 0 aromatic carbocycles. The highest BCUT2D eigenvalue weighted by Gasteiger charge is 2.13. The highest BCUT2D eigenvalue weighted by Crippen LogP contribution is 1.96. The number of hydrogen-bond acceptors (Lipinski definition) is 4. The van der Waals surface area contributed by atoms with Crippen LogP contribution in [0.5, 0.6) is 0 Å². The molecule has 0 aliphatic carbocycles. The number of rotatable bonds is 6. The number of hydrazine groups is 1. The normalized spacial score (nSPS) is 12.1. The second-order valence-corrected chi connectivity index (χ2v) is 2.51. The molecule has 0 aromatic heterocycles. The first-order valence-corrected chi connectivity index (χ1v) is 3.82. The van der Waals surface area contributed by atoms with Gasteiger partial charge in [-0.2, -0.15) is 0 Å². The molecule has 8 N–H and O–H groups in total. The van der Waals surface area contributed by atoms with Gasteiger partial charge in [-0.25, -0.2) is 5.43 Å². The molecular formula is C6H15N5O2. The van der Waals surface area contributed by atoms with Crippen LogP contribution in [0.15, 0.2) is 4.99 Å². The van der Waals surface area contributed by atoms with Crippen molar-refractivity contribution in [3.05, 3.63) is 0 Å². The van der Waals surface area contributed by atoms with E-state index in [-0.39, 0.29) is 5.96 Å². The summed E-state index contributed by atoms with van der Waals surface area (Å²) in [5.41, 5.74) is 12.3. The van der Waals surface area contributed by atoms with Gasteiger partial charge < -0.3 is 16.6 Å². The van der Waals surface area contributed by atoms with E-state index in [1.165, 1.54) is 0 Å². The van der Waals surface area contributed by atoms with Crippen LogP contribution in [0.1, 0.15) is 12.8 Å². The summed E-state index contributed by atoms with van der Waals surface area (Å²) in [4.78, 5) is 14.1. The zero-order valence-corrected chi connectivity index (χ0v) is 7.23. The Morgan fingerprint density at radius 2 is 2.15 bits per heavy atom. The van der Waals surface area contributed by atoms with Crippen molar-refractivity contribution in [1.82, 2.24) is 5.43 Å². The third-order valence-corrected chi connectivity index (χ3v) is 1.44. The van der Waals surface area contributed by atoms with Gasteiger partial charge in [0, 0.05) is 6.54 Å². The molecule has 7 nitrogen and oxygen atoms in total.